The summed E-state index contributed by atoms with van der Waals surface area (Å²) < 4.78 is 0. The van der Waals surface area contributed by atoms with E-state index in [-0.39, 0.29) is 0 Å². The molecule has 0 spiro atoms. The number of aromatic nitrogens is 1. The van der Waals surface area contributed by atoms with Gasteiger partial charge in [-0.1, -0.05) is 66.7 Å². The fourth-order valence-corrected chi connectivity index (χ4v) is 2.96. The molecule has 3 rings (SSSR count). The van der Waals surface area contributed by atoms with Gasteiger partial charge >= 0.3 is 11.9 Å². The van der Waals surface area contributed by atoms with E-state index in [1.54, 1.807) is 66.7 Å². The Balaban J connectivity index is 2.06. The van der Waals surface area contributed by atoms with Crippen LogP contribution in [0.1, 0.15) is 34.4 Å². The second-order valence-electron chi connectivity index (χ2n) is 5.85. The first-order valence-electron chi connectivity index (χ1n) is 8.10. The minimum absolute atomic E-state index is 0.309. The van der Waals surface area contributed by atoms with E-state index in [0.717, 1.165) is 0 Å². The Bertz CT molecular complexity index is 837. The minimum Gasteiger partial charge on any atom is -0.480 e. The molecule has 2 unspecified atom stereocenters. The molecular weight excluding hydrogens is 330 g/mol. The van der Waals surface area contributed by atoms with Gasteiger partial charge in [-0.3, -0.25) is 14.6 Å². The largest absolute Gasteiger partial charge is 0.480 e. The number of rotatable bonds is 6. The first kappa shape index (κ1) is 17.4. The number of hydrogen-bond acceptors (Lipinski definition) is 3. The zero-order chi connectivity index (χ0) is 18.5. The van der Waals surface area contributed by atoms with Crippen LogP contribution in [0.5, 0.6) is 0 Å². The summed E-state index contributed by atoms with van der Waals surface area (Å²) in [6, 6.07) is 22.4. The first-order valence-corrected chi connectivity index (χ1v) is 8.10. The van der Waals surface area contributed by atoms with E-state index in [4.69, 9.17) is 0 Å². The summed E-state index contributed by atoms with van der Waals surface area (Å²) in [5.41, 5.74) is 1.80. The number of aliphatic carboxylic acids is 2. The Morgan fingerprint density at radius 1 is 0.615 bits per heavy atom. The van der Waals surface area contributed by atoms with Gasteiger partial charge in [-0.25, -0.2) is 0 Å². The number of hydrogen-bond donors (Lipinski definition) is 2. The smallest absolute Gasteiger partial charge is 0.317 e. The van der Waals surface area contributed by atoms with Crippen LogP contribution in [0.15, 0.2) is 78.9 Å². The monoisotopic (exact) mass is 347 g/mol. The van der Waals surface area contributed by atoms with Crippen molar-refractivity contribution in [2.75, 3.05) is 0 Å². The van der Waals surface area contributed by atoms with E-state index in [9.17, 15) is 19.8 Å². The van der Waals surface area contributed by atoms with Crippen LogP contribution in [-0.2, 0) is 9.59 Å². The Hall–Kier alpha value is -3.47. The van der Waals surface area contributed by atoms with Crippen LogP contribution in [0.4, 0.5) is 0 Å². The predicted molar refractivity (Wildman–Crippen MR) is 96.1 cm³/mol. The van der Waals surface area contributed by atoms with Crippen LogP contribution in [0.2, 0.25) is 0 Å². The summed E-state index contributed by atoms with van der Waals surface area (Å²) in [5.74, 6) is -3.98. The summed E-state index contributed by atoms with van der Waals surface area (Å²) in [6.45, 7) is 0. The Morgan fingerprint density at radius 3 is 1.35 bits per heavy atom. The van der Waals surface area contributed by atoms with Gasteiger partial charge in [0.05, 0.1) is 11.4 Å². The molecule has 0 fully saturated rings. The van der Waals surface area contributed by atoms with Gasteiger partial charge in [0.25, 0.3) is 0 Å². The van der Waals surface area contributed by atoms with Crippen molar-refractivity contribution < 1.29 is 19.8 Å². The maximum absolute atomic E-state index is 11.8. The van der Waals surface area contributed by atoms with Crippen molar-refractivity contribution in [2.24, 2.45) is 0 Å². The Morgan fingerprint density at radius 2 is 1.00 bits per heavy atom. The standard InChI is InChI=1S/C21H17NO4/c23-20(24)18(14-8-3-1-4-9-14)16-12-7-13-17(22-16)19(21(25)26)15-10-5-2-6-11-15/h1-13,18-19H,(H,23,24)(H,25,26). The lowest BCUT2D eigenvalue weighted by Crippen LogP contribution is -2.18. The number of carboxylic acid groups (broad SMARTS) is 2. The van der Waals surface area contributed by atoms with Gasteiger partial charge in [0.15, 0.2) is 0 Å². The van der Waals surface area contributed by atoms with Crippen LogP contribution in [-0.4, -0.2) is 27.1 Å². The molecule has 5 heteroatoms. The molecule has 3 aromatic rings. The van der Waals surface area contributed by atoms with Gasteiger partial charge in [0.2, 0.25) is 0 Å². The molecule has 2 N–H and O–H groups in total. The highest BCUT2D eigenvalue weighted by molar-refractivity contribution is 5.81. The Kier molecular flexibility index (Phi) is 5.08. The molecule has 0 bridgehead atoms. The zero-order valence-electron chi connectivity index (χ0n) is 13.8. The quantitative estimate of drug-likeness (QED) is 0.712. The first-order chi connectivity index (χ1) is 12.6. The lowest BCUT2D eigenvalue weighted by Gasteiger charge is -2.16. The van der Waals surface area contributed by atoms with Crippen molar-refractivity contribution in [1.29, 1.82) is 0 Å². The summed E-state index contributed by atoms with van der Waals surface area (Å²) in [7, 11) is 0. The van der Waals surface area contributed by atoms with E-state index in [1.165, 1.54) is 0 Å². The van der Waals surface area contributed by atoms with Gasteiger partial charge < -0.3 is 10.2 Å². The maximum Gasteiger partial charge on any atom is 0.317 e. The molecule has 0 aliphatic rings. The third-order valence-electron chi connectivity index (χ3n) is 4.14. The van der Waals surface area contributed by atoms with Crippen molar-refractivity contribution >= 4 is 11.9 Å². The summed E-state index contributed by atoms with van der Waals surface area (Å²) in [4.78, 5) is 28.1. The predicted octanol–water partition coefficient (Wildman–Crippen LogP) is 3.51. The molecule has 1 aromatic heterocycles. The van der Waals surface area contributed by atoms with Crippen molar-refractivity contribution in [3.05, 3.63) is 101 Å². The molecule has 5 nitrogen and oxygen atoms in total. The van der Waals surface area contributed by atoms with Crippen molar-refractivity contribution in [2.45, 2.75) is 11.8 Å². The molecule has 0 aliphatic heterocycles. The molecule has 26 heavy (non-hydrogen) atoms. The molecular formula is C21H17NO4. The van der Waals surface area contributed by atoms with Crippen LogP contribution in [0.25, 0.3) is 0 Å². The van der Waals surface area contributed by atoms with E-state index >= 15 is 0 Å². The van der Waals surface area contributed by atoms with E-state index < -0.39 is 23.8 Å². The van der Waals surface area contributed by atoms with Crippen LogP contribution >= 0.6 is 0 Å². The summed E-state index contributed by atoms with van der Waals surface area (Å²) in [5, 5.41) is 19.4. The van der Waals surface area contributed by atoms with Crippen molar-refractivity contribution in [1.82, 2.24) is 4.98 Å². The number of benzene rings is 2. The molecule has 0 aliphatic carbocycles. The van der Waals surface area contributed by atoms with Gasteiger partial charge in [-0.15, -0.1) is 0 Å². The number of carboxylic acids is 2. The fraction of sp³-hybridized carbons (Fsp3) is 0.0952. The topological polar surface area (TPSA) is 87.5 Å². The van der Waals surface area contributed by atoms with Gasteiger partial charge in [-0.05, 0) is 23.3 Å². The molecule has 2 atom stereocenters. The van der Waals surface area contributed by atoms with Crippen LogP contribution in [0.3, 0.4) is 0 Å². The summed E-state index contributed by atoms with van der Waals surface area (Å²) in [6.07, 6.45) is 0. The Labute approximate surface area is 150 Å². The van der Waals surface area contributed by atoms with Crippen molar-refractivity contribution in [3.63, 3.8) is 0 Å². The molecule has 0 amide bonds. The zero-order valence-corrected chi connectivity index (χ0v) is 13.8. The van der Waals surface area contributed by atoms with E-state index in [2.05, 4.69) is 4.98 Å². The lowest BCUT2D eigenvalue weighted by atomic mass is 9.92. The van der Waals surface area contributed by atoms with Crippen molar-refractivity contribution in [3.8, 4) is 0 Å². The molecule has 0 saturated heterocycles. The van der Waals surface area contributed by atoms with E-state index in [0.29, 0.717) is 22.5 Å². The lowest BCUT2D eigenvalue weighted by molar-refractivity contribution is -0.138. The number of carbonyl (C=O) groups is 2. The maximum atomic E-state index is 11.8. The second kappa shape index (κ2) is 7.61. The molecule has 0 saturated carbocycles. The molecule has 1 heterocycles. The van der Waals surface area contributed by atoms with Crippen LogP contribution in [0, 0.1) is 0 Å². The third kappa shape index (κ3) is 3.62. The highest BCUT2D eigenvalue weighted by atomic mass is 16.4. The highest BCUT2D eigenvalue weighted by Gasteiger charge is 2.27. The van der Waals surface area contributed by atoms with E-state index in [1.807, 2.05) is 12.1 Å². The average Bonchev–Trinajstić information content (AvgIpc) is 2.64. The molecule has 2 aromatic carbocycles. The average molecular weight is 347 g/mol. The summed E-state index contributed by atoms with van der Waals surface area (Å²) >= 11 is 0. The van der Waals surface area contributed by atoms with Gasteiger partial charge in [0, 0.05) is 0 Å². The highest BCUT2D eigenvalue weighted by Crippen LogP contribution is 2.28. The fourth-order valence-electron chi connectivity index (χ4n) is 2.96. The minimum atomic E-state index is -1.03. The number of pyridine rings is 1. The third-order valence-corrected chi connectivity index (χ3v) is 4.14. The SMILES string of the molecule is O=C(O)C(c1ccccc1)c1cccc(C(C(=O)O)c2ccccc2)n1. The molecule has 130 valence electrons. The normalized spacial score (nSPS) is 12.9. The molecule has 0 radical (unpaired) electrons. The van der Waals surface area contributed by atoms with Crippen LogP contribution < -0.4 is 0 Å². The van der Waals surface area contributed by atoms with Gasteiger partial charge in [0.1, 0.15) is 11.8 Å². The van der Waals surface area contributed by atoms with Gasteiger partial charge in [-0.2, -0.15) is 0 Å². The second-order valence-corrected chi connectivity index (χ2v) is 5.85. The number of nitrogens with zero attached hydrogens (tertiary/aromatic N) is 1.